The third kappa shape index (κ3) is 44.2. The van der Waals surface area contributed by atoms with Gasteiger partial charge in [-0.3, -0.25) is 9.59 Å². The van der Waals surface area contributed by atoms with E-state index in [0.29, 0.717) is 19.3 Å². The molecule has 0 aliphatic rings. The van der Waals surface area contributed by atoms with Crippen molar-refractivity contribution in [2.45, 2.75) is 283 Å². The van der Waals surface area contributed by atoms with Crippen molar-refractivity contribution in [1.82, 2.24) is 5.32 Å². The second-order valence-electron chi connectivity index (χ2n) is 18.0. The summed E-state index contributed by atoms with van der Waals surface area (Å²) in [6.45, 7) is 6.45. The second kappa shape index (κ2) is 48.8. The number of hydrogen-bond acceptors (Lipinski definition) is 5. The summed E-state index contributed by atoms with van der Waals surface area (Å²) in [6, 6.07) is -0.715. The molecule has 6 heteroatoms. The van der Waals surface area contributed by atoms with Gasteiger partial charge in [-0.05, 0) is 77.0 Å². The van der Waals surface area contributed by atoms with E-state index in [0.717, 1.165) is 83.5 Å². The standard InChI is InChI=1S/C55H101NO5/c1-4-7-10-13-16-19-22-25-26-27-30-31-34-37-40-43-46-51(61-55(60)48-45-42-39-36-33-29-24-21-18-15-12-9-6-3)49-54(59)56-52(50-57)53(58)47-44-41-38-35-32-28-23-20-17-14-11-8-5-2/h22,25-27,29-31,33,51-53,57-58H,4-21,23-24,28,32,34-50H2,1-3H3,(H,56,59)/b25-22+,27-26+,31-30+,33-29-. The average molecular weight is 856 g/mol. The first-order valence-electron chi connectivity index (χ1n) is 26.4. The molecule has 0 heterocycles. The van der Waals surface area contributed by atoms with Gasteiger partial charge < -0.3 is 20.3 Å². The smallest absolute Gasteiger partial charge is 0.306 e. The summed E-state index contributed by atoms with van der Waals surface area (Å²) < 4.78 is 5.91. The number of esters is 1. The molecule has 0 aliphatic carbocycles. The third-order valence-corrected chi connectivity index (χ3v) is 11.9. The average Bonchev–Trinajstić information content (AvgIpc) is 3.25. The fourth-order valence-corrected chi connectivity index (χ4v) is 7.90. The van der Waals surface area contributed by atoms with Crippen LogP contribution < -0.4 is 5.32 Å². The van der Waals surface area contributed by atoms with Crippen molar-refractivity contribution in [3.8, 4) is 0 Å². The highest BCUT2D eigenvalue weighted by molar-refractivity contribution is 5.77. The van der Waals surface area contributed by atoms with Gasteiger partial charge in [-0.1, -0.05) is 223 Å². The topological polar surface area (TPSA) is 95.9 Å². The molecule has 0 aromatic heterocycles. The maximum Gasteiger partial charge on any atom is 0.306 e. The van der Waals surface area contributed by atoms with Crippen molar-refractivity contribution >= 4 is 11.9 Å². The molecular formula is C55H101NO5. The van der Waals surface area contributed by atoms with E-state index in [-0.39, 0.29) is 24.9 Å². The third-order valence-electron chi connectivity index (χ3n) is 11.9. The number of aliphatic hydroxyl groups excluding tert-OH is 2. The Hall–Kier alpha value is -2.18. The molecule has 3 atom stereocenters. The van der Waals surface area contributed by atoms with Gasteiger partial charge in [0.15, 0.2) is 0 Å². The van der Waals surface area contributed by atoms with Crippen LogP contribution in [0.2, 0.25) is 0 Å². The summed E-state index contributed by atoms with van der Waals surface area (Å²) in [5.41, 5.74) is 0. The zero-order valence-electron chi connectivity index (χ0n) is 40.5. The Balaban J connectivity index is 4.67. The Morgan fingerprint density at radius 2 is 0.852 bits per heavy atom. The normalized spacial score (nSPS) is 13.6. The van der Waals surface area contributed by atoms with Crippen molar-refractivity contribution in [3.05, 3.63) is 48.6 Å². The lowest BCUT2D eigenvalue weighted by molar-refractivity contribution is -0.151. The van der Waals surface area contributed by atoms with Crippen LogP contribution >= 0.6 is 0 Å². The van der Waals surface area contributed by atoms with Crippen molar-refractivity contribution in [1.29, 1.82) is 0 Å². The van der Waals surface area contributed by atoms with Crippen LogP contribution in [0.25, 0.3) is 0 Å². The molecule has 6 nitrogen and oxygen atoms in total. The molecule has 61 heavy (non-hydrogen) atoms. The van der Waals surface area contributed by atoms with Crippen LogP contribution in [0.15, 0.2) is 48.6 Å². The summed E-state index contributed by atoms with van der Waals surface area (Å²) in [6.07, 6.45) is 58.8. The quantitative estimate of drug-likeness (QED) is 0.0245. The number of hydrogen-bond donors (Lipinski definition) is 3. The molecule has 0 rings (SSSR count). The number of amides is 1. The minimum absolute atomic E-state index is 0.0497. The van der Waals surface area contributed by atoms with Crippen LogP contribution in [-0.2, 0) is 14.3 Å². The first-order valence-corrected chi connectivity index (χ1v) is 26.4. The van der Waals surface area contributed by atoms with Gasteiger partial charge in [-0.15, -0.1) is 0 Å². The molecule has 0 spiro atoms. The largest absolute Gasteiger partial charge is 0.462 e. The highest BCUT2D eigenvalue weighted by Gasteiger charge is 2.24. The van der Waals surface area contributed by atoms with E-state index in [9.17, 15) is 19.8 Å². The van der Waals surface area contributed by atoms with Gasteiger partial charge in [0.05, 0.1) is 25.2 Å². The lowest BCUT2D eigenvalue weighted by Crippen LogP contribution is -2.46. The SMILES string of the molecule is CCCCCCC/C=C/C=C/C=C/CCCCCC(CC(=O)NC(CO)C(O)CCCCCCCCCCCCCCC)OC(=O)CCCCC/C=C\CCCCCCCC. The van der Waals surface area contributed by atoms with Crippen LogP contribution in [-0.4, -0.2) is 46.9 Å². The van der Waals surface area contributed by atoms with Crippen LogP contribution in [0.1, 0.15) is 265 Å². The Bertz CT molecular complexity index is 1050. The van der Waals surface area contributed by atoms with Crippen LogP contribution in [0.3, 0.4) is 0 Å². The highest BCUT2D eigenvalue weighted by atomic mass is 16.5. The Labute approximate surface area is 378 Å². The molecule has 0 aliphatic heterocycles. The number of rotatable bonds is 47. The van der Waals surface area contributed by atoms with Gasteiger partial charge in [0.2, 0.25) is 5.91 Å². The summed E-state index contributed by atoms with van der Waals surface area (Å²) in [4.78, 5) is 26.1. The minimum atomic E-state index is -0.799. The Morgan fingerprint density at radius 3 is 1.31 bits per heavy atom. The van der Waals surface area contributed by atoms with Crippen LogP contribution in [0, 0.1) is 0 Å². The molecule has 3 N–H and O–H groups in total. The first kappa shape index (κ1) is 58.8. The molecule has 0 aromatic carbocycles. The van der Waals surface area contributed by atoms with E-state index in [1.165, 1.54) is 135 Å². The molecule has 0 aromatic rings. The fraction of sp³-hybridized carbons (Fsp3) is 0.818. The van der Waals surface area contributed by atoms with E-state index in [1.54, 1.807) is 0 Å². The van der Waals surface area contributed by atoms with E-state index in [1.807, 2.05) is 0 Å². The molecule has 3 unspecified atom stereocenters. The summed E-state index contributed by atoms with van der Waals surface area (Å²) >= 11 is 0. The zero-order valence-corrected chi connectivity index (χ0v) is 40.5. The fourth-order valence-electron chi connectivity index (χ4n) is 7.90. The number of aliphatic hydroxyl groups is 2. The van der Waals surface area contributed by atoms with Crippen molar-refractivity contribution in [2.75, 3.05) is 6.61 Å². The van der Waals surface area contributed by atoms with E-state index >= 15 is 0 Å². The summed E-state index contributed by atoms with van der Waals surface area (Å²) in [5, 5.41) is 23.8. The maximum atomic E-state index is 13.2. The lowest BCUT2D eigenvalue weighted by Gasteiger charge is -2.24. The predicted octanol–water partition coefficient (Wildman–Crippen LogP) is 15.8. The molecule has 0 saturated heterocycles. The van der Waals surface area contributed by atoms with Crippen LogP contribution in [0.5, 0.6) is 0 Å². The minimum Gasteiger partial charge on any atom is -0.462 e. The monoisotopic (exact) mass is 856 g/mol. The van der Waals surface area contributed by atoms with E-state index < -0.39 is 18.2 Å². The highest BCUT2D eigenvalue weighted by Crippen LogP contribution is 2.17. The number of allylic oxidation sites excluding steroid dienone is 8. The van der Waals surface area contributed by atoms with Crippen molar-refractivity contribution in [2.24, 2.45) is 0 Å². The number of ether oxygens (including phenoxy) is 1. The van der Waals surface area contributed by atoms with E-state index in [2.05, 4.69) is 74.7 Å². The summed E-state index contributed by atoms with van der Waals surface area (Å²) in [7, 11) is 0. The molecule has 1 amide bonds. The van der Waals surface area contributed by atoms with Gasteiger partial charge >= 0.3 is 5.97 Å². The Morgan fingerprint density at radius 1 is 0.475 bits per heavy atom. The molecular weight excluding hydrogens is 755 g/mol. The first-order chi connectivity index (χ1) is 30.0. The number of unbranched alkanes of at least 4 members (excludes halogenated alkanes) is 29. The lowest BCUT2D eigenvalue weighted by atomic mass is 10.0. The Kier molecular flexibility index (Phi) is 47.1. The molecule has 0 saturated carbocycles. The predicted molar refractivity (Wildman–Crippen MR) is 264 cm³/mol. The van der Waals surface area contributed by atoms with Gasteiger partial charge in [0.25, 0.3) is 0 Å². The van der Waals surface area contributed by atoms with Gasteiger partial charge in [0, 0.05) is 6.42 Å². The second-order valence-corrected chi connectivity index (χ2v) is 18.0. The van der Waals surface area contributed by atoms with Gasteiger partial charge in [-0.25, -0.2) is 0 Å². The zero-order chi connectivity index (χ0) is 44.5. The number of carbonyl (C=O) groups excluding carboxylic acids is 2. The van der Waals surface area contributed by atoms with E-state index in [4.69, 9.17) is 4.74 Å². The maximum absolute atomic E-state index is 13.2. The van der Waals surface area contributed by atoms with Gasteiger partial charge in [-0.2, -0.15) is 0 Å². The molecule has 0 fully saturated rings. The molecule has 0 bridgehead atoms. The van der Waals surface area contributed by atoms with Gasteiger partial charge in [0.1, 0.15) is 6.10 Å². The molecule has 356 valence electrons. The van der Waals surface area contributed by atoms with Crippen molar-refractivity contribution in [3.63, 3.8) is 0 Å². The van der Waals surface area contributed by atoms with Crippen molar-refractivity contribution < 1.29 is 24.5 Å². The summed E-state index contributed by atoms with van der Waals surface area (Å²) in [5.74, 6) is -0.521. The molecule has 0 radical (unpaired) electrons. The number of carbonyl (C=O) groups is 2. The van der Waals surface area contributed by atoms with Crippen LogP contribution in [0.4, 0.5) is 0 Å². The number of nitrogens with one attached hydrogen (secondary N) is 1.